The van der Waals surface area contributed by atoms with Gasteiger partial charge in [0, 0.05) is 6.42 Å². The maximum Gasteiger partial charge on any atom is 0.305 e. The first kappa shape index (κ1) is 15.0. The van der Waals surface area contributed by atoms with Crippen LogP contribution >= 0.6 is 0 Å². The highest BCUT2D eigenvalue weighted by Gasteiger charge is 2.37. The van der Waals surface area contributed by atoms with Crippen LogP contribution in [0.3, 0.4) is 0 Å². The van der Waals surface area contributed by atoms with Crippen LogP contribution in [0.25, 0.3) is 0 Å². The van der Waals surface area contributed by atoms with E-state index in [-0.39, 0.29) is 24.2 Å². The fraction of sp³-hybridized carbons (Fsp3) is 0.167. The van der Waals surface area contributed by atoms with E-state index in [1.807, 2.05) is 12.1 Å². The summed E-state index contributed by atoms with van der Waals surface area (Å²) in [5.41, 5.74) is 2.08. The van der Waals surface area contributed by atoms with Crippen molar-refractivity contribution >= 4 is 23.5 Å². The van der Waals surface area contributed by atoms with E-state index in [9.17, 15) is 14.4 Å². The van der Waals surface area contributed by atoms with E-state index in [1.165, 1.54) is 12.0 Å². The van der Waals surface area contributed by atoms with Crippen molar-refractivity contribution in [2.45, 2.75) is 12.8 Å². The van der Waals surface area contributed by atoms with Gasteiger partial charge in [0.2, 0.25) is 0 Å². The van der Waals surface area contributed by atoms with Gasteiger partial charge in [-0.15, -0.1) is 0 Å². The number of carbonyl (C=O) groups is 3. The van der Waals surface area contributed by atoms with Gasteiger partial charge >= 0.3 is 5.97 Å². The predicted octanol–water partition coefficient (Wildman–Crippen LogP) is 2.59. The number of aryl methyl sites for hydroxylation is 1. The summed E-state index contributed by atoms with van der Waals surface area (Å²) in [6.45, 7) is 0. The molecule has 2 aromatic rings. The Morgan fingerprint density at radius 3 is 2.13 bits per heavy atom. The number of rotatable bonds is 4. The molecule has 0 N–H and O–H groups in total. The number of hydrogen-bond donors (Lipinski definition) is 0. The molecule has 0 saturated carbocycles. The van der Waals surface area contributed by atoms with Crippen molar-refractivity contribution < 1.29 is 19.1 Å². The van der Waals surface area contributed by atoms with Gasteiger partial charge < -0.3 is 4.74 Å². The molecule has 23 heavy (non-hydrogen) atoms. The average molecular weight is 309 g/mol. The molecule has 0 aliphatic carbocycles. The number of ether oxygens (including phenoxy) is 1. The lowest BCUT2D eigenvalue weighted by molar-refractivity contribution is -0.140. The Bertz CT molecular complexity index is 762. The van der Waals surface area contributed by atoms with Gasteiger partial charge in [0.05, 0.1) is 23.9 Å². The molecule has 5 nitrogen and oxygen atoms in total. The Labute approximate surface area is 133 Å². The molecular formula is C18H15NO4. The summed E-state index contributed by atoms with van der Waals surface area (Å²) in [5.74, 6) is -1.01. The minimum Gasteiger partial charge on any atom is -0.469 e. The van der Waals surface area contributed by atoms with E-state index >= 15 is 0 Å². The van der Waals surface area contributed by atoms with Gasteiger partial charge in [0.1, 0.15) is 0 Å². The maximum atomic E-state index is 12.6. The predicted molar refractivity (Wildman–Crippen MR) is 84.4 cm³/mol. The minimum absolute atomic E-state index is 0.191. The smallest absolute Gasteiger partial charge is 0.305 e. The van der Waals surface area contributed by atoms with Crippen molar-refractivity contribution in [1.82, 2.24) is 0 Å². The van der Waals surface area contributed by atoms with Gasteiger partial charge in [-0.25, -0.2) is 4.90 Å². The van der Waals surface area contributed by atoms with E-state index in [4.69, 9.17) is 0 Å². The van der Waals surface area contributed by atoms with Gasteiger partial charge in [-0.3, -0.25) is 14.4 Å². The van der Waals surface area contributed by atoms with Crippen LogP contribution < -0.4 is 4.90 Å². The highest BCUT2D eigenvalue weighted by molar-refractivity contribution is 6.34. The summed E-state index contributed by atoms with van der Waals surface area (Å²) in [7, 11) is 1.33. The summed E-state index contributed by atoms with van der Waals surface area (Å²) in [6.07, 6.45) is 0.590. The number of carbonyl (C=O) groups excluding carboxylic acids is 3. The molecule has 0 fully saturated rings. The number of fused-ring (bicyclic) bond motifs is 1. The van der Waals surface area contributed by atoms with Crippen molar-refractivity contribution in [1.29, 1.82) is 0 Å². The average Bonchev–Trinajstić information content (AvgIpc) is 2.84. The van der Waals surface area contributed by atoms with Crippen LogP contribution in [0.2, 0.25) is 0 Å². The van der Waals surface area contributed by atoms with Crippen LogP contribution in [0, 0.1) is 0 Å². The molecule has 1 aliphatic heterocycles. The zero-order valence-electron chi connectivity index (χ0n) is 12.6. The van der Waals surface area contributed by atoms with E-state index in [2.05, 4.69) is 4.74 Å². The summed E-state index contributed by atoms with van der Waals surface area (Å²) >= 11 is 0. The van der Waals surface area contributed by atoms with Crippen LogP contribution in [0.1, 0.15) is 32.7 Å². The van der Waals surface area contributed by atoms with E-state index in [0.29, 0.717) is 23.2 Å². The molecule has 0 saturated heterocycles. The molecule has 5 heteroatoms. The molecule has 0 bridgehead atoms. The summed E-state index contributed by atoms with van der Waals surface area (Å²) in [6, 6.07) is 13.9. The maximum absolute atomic E-state index is 12.6. The molecule has 0 unspecified atom stereocenters. The quantitative estimate of drug-likeness (QED) is 0.643. The number of imide groups is 1. The lowest BCUT2D eigenvalue weighted by Crippen LogP contribution is -2.30. The zero-order valence-corrected chi connectivity index (χ0v) is 12.6. The van der Waals surface area contributed by atoms with Gasteiger partial charge in [-0.1, -0.05) is 30.3 Å². The van der Waals surface area contributed by atoms with Crippen molar-refractivity contribution in [3.63, 3.8) is 0 Å². The molecule has 2 aromatic carbocycles. The molecule has 0 radical (unpaired) electrons. The molecule has 0 aromatic heterocycles. The minimum atomic E-state index is -0.337. The molecular weight excluding hydrogens is 294 g/mol. The molecule has 2 amide bonds. The Hall–Kier alpha value is -2.95. The third-order valence-electron chi connectivity index (χ3n) is 3.85. The second kappa shape index (κ2) is 6.04. The number of para-hydroxylation sites is 1. The fourth-order valence-corrected chi connectivity index (χ4v) is 2.69. The van der Waals surface area contributed by atoms with Crippen molar-refractivity contribution in [3.8, 4) is 0 Å². The molecule has 1 aliphatic rings. The van der Waals surface area contributed by atoms with E-state index in [0.717, 1.165) is 5.56 Å². The standard InChI is InChI=1S/C18H15NO4/c1-23-16(20)11-10-12-6-2-5-9-15(12)19-17(21)13-7-3-4-8-14(13)18(19)22/h2-9H,10-11H2,1H3. The third-order valence-corrected chi connectivity index (χ3v) is 3.85. The number of nitrogens with zero attached hydrogens (tertiary/aromatic N) is 1. The largest absolute Gasteiger partial charge is 0.469 e. The van der Waals surface area contributed by atoms with Crippen LogP contribution in [0.4, 0.5) is 5.69 Å². The Kier molecular flexibility index (Phi) is 3.93. The summed E-state index contributed by atoms with van der Waals surface area (Å²) < 4.78 is 4.64. The second-order valence-electron chi connectivity index (χ2n) is 5.20. The van der Waals surface area contributed by atoms with Crippen molar-refractivity contribution in [3.05, 3.63) is 65.2 Å². The molecule has 3 rings (SSSR count). The Morgan fingerprint density at radius 1 is 0.957 bits per heavy atom. The summed E-state index contributed by atoms with van der Waals surface area (Å²) in [5, 5.41) is 0. The van der Waals surface area contributed by atoms with Crippen molar-refractivity contribution in [2.24, 2.45) is 0 Å². The zero-order chi connectivity index (χ0) is 16.4. The molecule has 0 atom stereocenters. The first-order valence-electron chi connectivity index (χ1n) is 7.26. The van der Waals surface area contributed by atoms with E-state index < -0.39 is 0 Å². The lowest BCUT2D eigenvalue weighted by Gasteiger charge is -2.18. The van der Waals surface area contributed by atoms with Gasteiger partial charge in [-0.2, -0.15) is 0 Å². The van der Waals surface area contributed by atoms with Gasteiger partial charge in [0.25, 0.3) is 11.8 Å². The number of methoxy groups -OCH3 is 1. The molecule has 116 valence electrons. The van der Waals surface area contributed by atoms with Crippen LogP contribution in [-0.2, 0) is 16.0 Å². The van der Waals surface area contributed by atoms with Gasteiger partial charge in [-0.05, 0) is 30.2 Å². The SMILES string of the molecule is COC(=O)CCc1ccccc1N1C(=O)c2ccccc2C1=O. The van der Waals surface area contributed by atoms with Crippen LogP contribution in [-0.4, -0.2) is 24.9 Å². The lowest BCUT2D eigenvalue weighted by atomic mass is 10.1. The Balaban J connectivity index is 1.96. The molecule has 1 heterocycles. The topological polar surface area (TPSA) is 63.7 Å². The molecule has 0 spiro atoms. The number of benzene rings is 2. The number of anilines is 1. The van der Waals surface area contributed by atoms with E-state index in [1.54, 1.807) is 36.4 Å². The summed E-state index contributed by atoms with van der Waals surface area (Å²) in [4.78, 5) is 37.7. The third kappa shape index (κ3) is 2.61. The number of esters is 1. The fourth-order valence-electron chi connectivity index (χ4n) is 2.69. The second-order valence-corrected chi connectivity index (χ2v) is 5.20. The van der Waals surface area contributed by atoms with Crippen LogP contribution in [0.5, 0.6) is 0 Å². The monoisotopic (exact) mass is 309 g/mol. The number of hydrogen-bond acceptors (Lipinski definition) is 4. The Morgan fingerprint density at radius 2 is 1.52 bits per heavy atom. The number of amides is 2. The van der Waals surface area contributed by atoms with Crippen molar-refractivity contribution in [2.75, 3.05) is 12.0 Å². The van der Waals surface area contributed by atoms with Crippen LogP contribution in [0.15, 0.2) is 48.5 Å². The highest BCUT2D eigenvalue weighted by Crippen LogP contribution is 2.31. The first-order valence-corrected chi connectivity index (χ1v) is 7.26. The first-order chi connectivity index (χ1) is 11.1. The highest BCUT2D eigenvalue weighted by atomic mass is 16.5. The normalized spacial score (nSPS) is 13.2. The van der Waals surface area contributed by atoms with Gasteiger partial charge in [0.15, 0.2) is 0 Å².